The van der Waals surface area contributed by atoms with Gasteiger partial charge >= 0.3 is 5.97 Å². The zero-order valence-corrected chi connectivity index (χ0v) is 10.1. The first-order valence-corrected chi connectivity index (χ1v) is 5.98. The van der Waals surface area contributed by atoms with Crippen molar-refractivity contribution < 1.29 is 19.4 Å². The quantitative estimate of drug-likeness (QED) is 0.516. The Morgan fingerprint density at radius 1 is 1.41 bits per heavy atom. The number of carboxylic acids is 1. The number of allylic oxidation sites excluding steroid dienone is 1. The minimum Gasteiger partial charge on any atom is -0.550 e. The highest BCUT2D eigenvalue weighted by atomic mass is 16.5. The standard InChI is InChI=1S/C13H18O4/c1-13(2)9(11(13)12(15)16)5-6-10(14)17-7-8-3-4-8/h5-6,8-9,11H,3-4,7H2,1-2H3,(H,15,16)/p-1/b6-5+. The van der Waals surface area contributed by atoms with Crippen LogP contribution in [0, 0.1) is 23.2 Å². The number of aliphatic carboxylic acids is 1. The summed E-state index contributed by atoms with van der Waals surface area (Å²) in [6.07, 6.45) is 5.26. The molecule has 17 heavy (non-hydrogen) atoms. The van der Waals surface area contributed by atoms with Crippen molar-refractivity contribution in [3.05, 3.63) is 12.2 Å². The molecule has 0 amide bonds. The summed E-state index contributed by atoms with van der Waals surface area (Å²) in [6.45, 7) is 4.21. The lowest BCUT2D eigenvalue weighted by Crippen LogP contribution is -2.26. The third-order valence-electron chi connectivity index (χ3n) is 3.76. The molecule has 0 heterocycles. The van der Waals surface area contributed by atoms with Crippen LogP contribution < -0.4 is 5.11 Å². The first-order chi connectivity index (χ1) is 7.93. The molecule has 2 rings (SSSR count). The number of ether oxygens (including phenoxy) is 1. The van der Waals surface area contributed by atoms with Gasteiger partial charge in [-0.1, -0.05) is 19.9 Å². The summed E-state index contributed by atoms with van der Waals surface area (Å²) in [4.78, 5) is 22.1. The van der Waals surface area contributed by atoms with E-state index >= 15 is 0 Å². The third-order valence-corrected chi connectivity index (χ3v) is 3.76. The van der Waals surface area contributed by atoms with Crippen molar-refractivity contribution in [3.8, 4) is 0 Å². The van der Waals surface area contributed by atoms with Gasteiger partial charge < -0.3 is 14.6 Å². The minimum absolute atomic E-state index is 0.124. The van der Waals surface area contributed by atoms with Crippen LogP contribution >= 0.6 is 0 Å². The number of carbonyl (C=O) groups is 2. The van der Waals surface area contributed by atoms with Gasteiger partial charge in [-0.25, -0.2) is 4.79 Å². The molecule has 2 unspecified atom stereocenters. The van der Waals surface area contributed by atoms with Crippen LogP contribution in [-0.4, -0.2) is 18.5 Å². The average molecular weight is 237 g/mol. The summed E-state index contributed by atoms with van der Waals surface area (Å²) in [6, 6.07) is 0. The second kappa shape index (κ2) is 4.17. The Bertz CT molecular complexity index is 366. The van der Waals surface area contributed by atoms with E-state index in [2.05, 4.69) is 0 Å². The summed E-state index contributed by atoms with van der Waals surface area (Å²) in [7, 11) is 0. The van der Waals surface area contributed by atoms with Gasteiger partial charge in [0.1, 0.15) is 0 Å². The normalized spacial score (nSPS) is 30.2. The largest absolute Gasteiger partial charge is 0.550 e. The molecule has 4 nitrogen and oxygen atoms in total. The summed E-state index contributed by atoms with van der Waals surface area (Å²) < 4.78 is 5.02. The smallest absolute Gasteiger partial charge is 0.330 e. The summed E-state index contributed by atoms with van der Waals surface area (Å²) in [5, 5.41) is 10.8. The van der Waals surface area contributed by atoms with Gasteiger partial charge in [0.05, 0.1) is 6.61 Å². The van der Waals surface area contributed by atoms with Crippen molar-refractivity contribution >= 4 is 11.9 Å². The topological polar surface area (TPSA) is 66.4 Å². The van der Waals surface area contributed by atoms with Crippen LogP contribution in [0.25, 0.3) is 0 Å². The van der Waals surface area contributed by atoms with Gasteiger partial charge in [0.15, 0.2) is 0 Å². The van der Waals surface area contributed by atoms with E-state index in [9.17, 15) is 14.7 Å². The van der Waals surface area contributed by atoms with E-state index in [4.69, 9.17) is 4.74 Å². The Kier molecular flexibility index (Phi) is 2.98. The van der Waals surface area contributed by atoms with Crippen LogP contribution in [0.2, 0.25) is 0 Å². The molecule has 2 fully saturated rings. The van der Waals surface area contributed by atoms with Crippen LogP contribution in [0.5, 0.6) is 0 Å². The van der Waals surface area contributed by atoms with Crippen molar-refractivity contribution in [1.82, 2.24) is 0 Å². The van der Waals surface area contributed by atoms with Gasteiger partial charge in [0, 0.05) is 18.0 Å². The highest BCUT2D eigenvalue weighted by Crippen LogP contribution is 2.58. The average Bonchev–Trinajstić information content (AvgIpc) is 3.09. The Morgan fingerprint density at radius 2 is 2.06 bits per heavy atom. The minimum atomic E-state index is -1.05. The Morgan fingerprint density at radius 3 is 2.53 bits per heavy atom. The molecule has 94 valence electrons. The van der Waals surface area contributed by atoms with Gasteiger partial charge in [-0.3, -0.25) is 0 Å². The first kappa shape index (κ1) is 12.1. The fraction of sp³-hybridized carbons (Fsp3) is 0.692. The molecule has 0 aliphatic heterocycles. The van der Waals surface area contributed by atoms with Crippen LogP contribution in [-0.2, 0) is 14.3 Å². The number of hydrogen-bond acceptors (Lipinski definition) is 4. The molecule has 0 N–H and O–H groups in total. The lowest BCUT2D eigenvalue weighted by Gasteiger charge is -2.01. The molecular weight excluding hydrogens is 220 g/mol. The number of esters is 1. The Labute approximate surface area is 101 Å². The van der Waals surface area contributed by atoms with Crippen molar-refractivity contribution in [3.63, 3.8) is 0 Å². The Balaban J connectivity index is 1.80. The SMILES string of the molecule is CC1(C)C(/C=C/C(=O)OCC2CC2)C1C(=O)[O-]. The maximum absolute atomic E-state index is 11.3. The van der Waals surface area contributed by atoms with Crippen molar-refractivity contribution in [2.24, 2.45) is 23.2 Å². The van der Waals surface area contributed by atoms with Crippen molar-refractivity contribution in [2.75, 3.05) is 6.61 Å². The zero-order valence-electron chi connectivity index (χ0n) is 10.1. The highest BCUT2D eigenvalue weighted by Gasteiger charge is 2.56. The van der Waals surface area contributed by atoms with Gasteiger partial charge in [0.25, 0.3) is 0 Å². The molecule has 0 aromatic rings. The summed E-state index contributed by atoms with van der Waals surface area (Å²) in [5.74, 6) is -1.50. The fourth-order valence-electron chi connectivity index (χ4n) is 2.20. The van der Waals surface area contributed by atoms with Crippen molar-refractivity contribution in [2.45, 2.75) is 26.7 Å². The van der Waals surface area contributed by atoms with Gasteiger partial charge in [0.2, 0.25) is 0 Å². The van der Waals surface area contributed by atoms with Crippen molar-refractivity contribution in [1.29, 1.82) is 0 Å². The predicted octanol–water partition coefficient (Wildman–Crippen LogP) is 0.518. The highest BCUT2D eigenvalue weighted by molar-refractivity contribution is 5.82. The predicted molar refractivity (Wildman–Crippen MR) is 58.6 cm³/mol. The molecule has 0 aromatic heterocycles. The monoisotopic (exact) mass is 237 g/mol. The van der Waals surface area contributed by atoms with Gasteiger partial charge in [-0.05, 0) is 30.1 Å². The second-order valence-electron chi connectivity index (χ2n) is 5.58. The van der Waals surface area contributed by atoms with E-state index in [1.165, 1.54) is 6.08 Å². The maximum Gasteiger partial charge on any atom is 0.330 e. The second-order valence-corrected chi connectivity index (χ2v) is 5.58. The van der Waals surface area contributed by atoms with Crippen LogP contribution in [0.4, 0.5) is 0 Å². The molecule has 0 aromatic carbocycles. The molecule has 0 radical (unpaired) electrons. The van der Waals surface area contributed by atoms with E-state index in [0.717, 1.165) is 12.8 Å². The number of hydrogen-bond donors (Lipinski definition) is 0. The van der Waals surface area contributed by atoms with Gasteiger partial charge in [-0.2, -0.15) is 0 Å². The van der Waals surface area contributed by atoms with E-state index in [-0.39, 0.29) is 17.3 Å². The third kappa shape index (κ3) is 2.68. The molecule has 2 aliphatic carbocycles. The van der Waals surface area contributed by atoms with Crippen LogP contribution in [0.15, 0.2) is 12.2 Å². The number of carboxylic acid groups (broad SMARTS) is 1. The molecule has 0 spiro atoms. The van der Waals surface area contributed by atoms with Crippen LogP contribution in [0.1, 0.15) is 26.7 Å². The lowest BCUT2D eigenvalue weighted by molar-refractivity contribution is -0.309. The molecular formula is C13H17O4-. The summed E-state index contributed by atoms with van der Waals surface area (Å²) in [5.41, 5.74) is -0.313. The fourth-order valence-corrected chi connectivity index (χ4v) is 2.20. The molecule has 2 saturated carbocycles. The number of rotatable bonds is 5. The molecule has 4 heteroatoms. The van der Waals surface area contributed by atoms with E-state index in [1.54, 1.807) is 6.08 Å². The first-order valence-electron chi connectivity index (χ1n) is 5.98. The molecule has 2 atom stereocenters. The lowest BCUT2D eigenvalue weighted by atomic mass is 10.1. The van der Waals surface area contributed by atoms with E-state index in [1.807, 2.05) is 13.8 Å². The van der Waals surface area contributed by atoms with Gasteiger partial charge in [-0.15, -0.1) is 0 Å². The molecule has 0 bridgehead atoms. The van der Waals surface area contributed by atoms with Crippen LogP contribution in [0.3, 0.4) is 0 Å². The Hall–Kier alpha value is -1.32. The molecule has 0 saturated heterocycles. The van der Waals surface area contributed by atoms with E-state index < -0.39 is 11.9 Å². The zero-order chi connectivity index (χ0) is 12.6. The maximum atomic E-state index is 11.3. The molecule has 2 aliphatic rings. The van der Waals surface area contributed by atoms with E-state index in [0.29, 0.717) is 12.5 Å². The summed E-state index contributed by atoms with van der Waals surface area (Å²) >= 11 is 0. The number of carbonyl (C=O) groups excluding carboxylic acids is 2.